The maximum absolute atomic E-state index is 12.1. The Labute approximate surface area is 106 Å². The molecule has 2 fully saturated rings. The molecule has 18 heavy (non-hydrogen) atoms. The number of amides is 1. The van der Waals surface area contributed by atoms with Crippen molar-refractivity contribution in [3.63, 3.8) is 0 Å². The minimum absolute atomic E-state index is 0.0736. The Hall–Kier alpha value is -1.14. The number of aliphatic carboxylic acids is 1. The summed E-state index contributed by atoms with van der Waals surface area (Å²) >= 11 is 0. The summed E-state index contributed by atoms with van der Waals surface area (Å²) in [5.74, 6) is -0.801. The third-order valence-electron chi connectivity index (χ3n) is 4.11. The van der Waals surface area contributed by atoms with E-state index >= 15 is 0 Å². The van der Waals surface area contributed by atoms with Gasteiger partial charge in [0.1, 0.15) is 5.41 Å². The van der Waals surface area contributed by atoms with Crippen LogP contribution in [0.4, 0.5) is 0 Å². The average molecular weight is 256 g/mol. The molecule has 0 aromatic heterocycles. The van der Waals surface area contributed by atoms with E-state index in [1.165, 1.54) is 0 Å². The zero-order chi connectivity index (χ0) is 13.3. The fraction of sp³-hybridized carbons (Fsp3) is 0.833. The van der Waals surface area contributed by atoms with E-state index in [-0.39, 0.29) is 31.0 Å². The quantitative estimate of drug-likeness (QED) is 0.630. The highest BCUT2D eigenvalue weighted by Gasteiger charge is 2.48. The van der Waals surface area contributed by atoms with Crippen molar-refractivity contribution in [1.82, 2.24) is 10.6 Å². The van der Waals surface area contributed by atoms with E-state index < -0.39 is 17.4 Å². The number of hydrogen-bond donors (Lipinski definition) is 3. The van der Waals surface area contributed by atoms with Gasteiger partial charge >= 0.3 is 5.97 Å². The first-order valence-corrected chi connectivity index (χ1v) is 6.27. The van der Waals surface area contributed by atoms with Crippen LogP contribution in [-0.2, 0) is 14.3 Å². The molecule has 0 aliphatic carbocycles. The Bertz CT molecular complexity index is 360. The monoisotopic (exact) mass is 256 g/mol. The van der Waals surface area contributed by atoms with Crippen LogP contribution in [0, 0.1) is 17.3 Å². The summed E-state index contributed by atoms with van der Waals surface area (Å²) in [7, 11) is 0. The van der Waals surface area contributed by atoms with Crippen molar-refractivity contribution in [1.29, 1.82) is 0 Å². The van der Waals surface area contributed by atoms with Gasteiger partial charge in [-0.3, -0.25) is 9.59 Å². The average Bonchev–Trinajstić information content (AvgIpc) is 2.87. The number of carbonyl (C=O) groups is 2. The van der Waals surface area contributed by atoms with Crippen LogP contribution in [0.1, 0.15) is 13.8 Å². The van der Waals surface area contributed by atoms with Crippen LogP contribution in [0.15, 0.2) is 0 Å². The summed E-state index contributed by atoms with van der Waals surface area (Å²) in [5.41, 5.74) is -1.02. The van der Waals surface area contributed by atoms with Crippen molar-refractivity contribution in [3.8, 4) is 0 Å². The van der Waals surface area contributed by atoms with Gasteiger partial charge in [0.15, 0.2) is 0 Å². The number of carbonyl (C=O) groups excluding carboxylic acids is 1. The smallest absolute Gasteiger partial charge is 0.313 e. The molecule has 2 rings (SSSR count). The van der Waals surface area contributed by atoms with E-state index in [1.807, 2.05) is 6.92 Å². The van der Waals surface area contributed by atoms with Crippen molar-refractivity contribution < 1.29 is 19.4 Å². The summed E-state index contributed by atoms with van der Waals surface area (Å²) in [6.45, 7) is 5.53. The van der Waals surface area contributed by atoms with E-state index in [1.54, 1.807) is 6.92 Å². The van der Waals surface area contributed by atoms with E-state index in [4.69, 9.17) is 4.74 Å². The Morgan fingerprint density at radius 2 is 2.17 bits per heavy atom. The predicted octanol–water partition coefficient (Wildman–Crippen LogP) is -0.552. The summed E-state index contributed by atoms with van der Waals surface area (Å²) < 4.78 is 5.21. The number of hydrogen-bond acceptors (Lipinski definition) is 4. The largest absolute Gasteiger partial charge is 0.481 e. The van der Waals surface area contributed by atoms with Crippen LogP contribution < -0.4 is 10.6 Å². The highest BCUT2D eigenvalue weighted by molar-refractivity contribution is 5.82. The Kier molecular flexibility index (Phi) is 3.59. The molecule has 2 aliphatic heterocycles. The van der Waals surface area contributed by atoms with Crippen molar-refractivity contribution in [2.45, 2.75) is 19.9 Å². The van der Waals surface area contributed by atoms with E-state index in [2.05, 4.69) is 10.6 Å². The SMILES string of the molecule is CC1CNCC1C(=O)NC1COCC1(C)C(=O)O. The second-order valence-electron chi connectivity index (χ2n) is 5.54. The molecule has 0 bridgehead atoms. The van der Waals surface area contributed by atoms with Gasteiger partial charge in [0, 0.05) is 6.54 Å². The standard InChI is InChI=1S/C12H20N2O4/c1-7-3-13-4-8(7)10(15)14-9-5-18-6-12(9,2)11(16)17/h7-9,13H,3-6H2,1-2H3,(H,14,15)(H,16,17). The maximum atomic E-state index is 12.1. The van der Waals surface area contributed by atoms with Gasteiger partial charge in [-0.2, -0.15) is 0 Å². The second-order valence-corrected chi connectivity index (χ2v) is 5.54. The highest BCUT2D eigenvalue weighted by Crippen LogP contribution is 2.29. The molecule has 2 aliphatic rings. The molecule has 3 N–H and O–H groups in total. The molecular formula is C12H20N2O4. The third-order valence-corrected chi connectivity index (χ3v) is 4.11. The van der Waals surface area contributed by atoms with Gasteiger partial charge in [-0.05, 0) is 19.4 Å². The zero-order valence-electron chi connectivity index (χ0n) is 10.7. The molecule has 2 heterocycles. The predicted molar refractivity (Wildman–Crippen MR) is 64.0 cm³/mol. The summed E-state index contributed by atoms with van der Waals surface area (Å²) in [6, 6.07) is -0.449. The van der Waals surface area contributed by atoms with Crippen LogP contribution >= 0.6 is 0 Å². The van der Waals surface area contributed by atoms with Crippen LogP contribution in [0.5, 0.6) is 0 Å². The molecule has 0 spiro atoms. The van der Waals surface area contributed by atoms with Crippen molar-refractivity contribution in [2.75, 3.05) is 26.3 Å². The lowest BCUT2D eigenvalue weighted by Gasteiger charge is -2.27. The molecule has 6 heteroatoms. The van der Waals surface area contributed by atoms with Crippen molar-refractivity contribution in [2.24, 2.45) is 17.3 Å². The van der Waals surface area contributed by atoms with Crippen molar-refractivity contribution >= 4 is 11.9 Å². The molecule has 4 unspecified atom stereocenters. The molecule has 102 valence electrons. The highest BCUT2D eigenvalue weighted by atomic mass is 16.5. The zero-order valence-corrected chi connectivity index (χ0v) is 10.7. The molecule has 0 radical (unpaired) electrons. The molecular weight excluding hydrogens is 236 g/mol. The first-order valence-electron chi connectivity index (χ1n) is 6.27. The van der Waals surface area contributed by atoms with Crippen molar-refractivity contribution in [3.05, 3.63) is 0 Å². The minimum atomic E-state index is -1.02. The number of rotatable bonds is 3. The lowest BCUT2D eigenvalue weighted by Crippen LogP contribution is -2.51. The normalized spacial score (nSPS) is 39.8. The number of nitrogens with one attached hydrogen (secondary N) is 2. The van der Waals surface area contributed by atoms with Gasteiger partial charge in [-0.1, -0.05) is 6.92 Å². The first kappa shape index (κ1) is 13.3. The van der Waals surface area contributed by atoms with Crippen LogP contribution in [0.25, 0.3) is 0 Å². The topological polar surface area (TPSA) is 87.7 Å². The van der Waals surface area contributed by atoms with Gasteiger partial charge in [0.25, 0.3) is 0 Å². The molecule has 0 saturated carbocycles. The number of ether oxygens (including phenoxy) is 1. The van der Waals surface area contributed by atoms with Crippen LogP contribution in [0.2, 0.25) is 0 Å². The number of carboxylic acids is 1. The molecule has 0 aromatic rings. The third kappa shape index (κ3) is 2.22. The number of carboxylic acid groups (broad SMARTS) is 1. The summed E-state index contributed by atoms with van der Waals surface area (Å²) in [4.78, 5) is 23.4. The second kappa shape index (κ2) is 4.85. The van der Waals surface area contributed by atoms with Crippen LogP contribution in [0.3, 0.4) is 0 Å². The lowest BCUT2D eigenvalue weighted by atomic mass is 9.85. The fourth-order valence-electron chi connectivity index (χ4n) is 2.52. The first-order chi connectivity index (χ1) is 8.45. The molecule has 2 saturated heterocycles. The summed E-state index contributed by atoms with van der Waals surface area (Å²) in [5, 5.41) is 15.2. The Morgan fingerprint density at radius 1 is 1.44 bits per heavy atom. The van der Waals surface area contributed by atoms with Gasteiger partial charge in [-0.15, -0.1) is 0 Å². The Morgan fingerprint density at radius 3 is 2.72 bits per heavy atom. The van der Waals surface area contributed by atoms with Gasteiger partial charge in [-0.25, -0.2) is 0 Å². The minimum Gasteiger partial charge on any atom is -0.481 e. The van der Waals surface area contributed by atoms with Gasteiger partial charge < -0.3 is 20.5 Å². The van der Waals surface area contributed by atoms with E-state index in [0.717, 1.165) is 6.54 Å². The molecule has 1 amide bonds. The molecule has 6 nitrogen and oxygen atoms in total. The molecule has 0 aromatic carbocycles. The maximum Gasteiger partial charge on any atom is 0.313 e. The fourth-order valence-corrected chi connectivity index (χ4v) is 2.52. The van der Waals surface area contributed by atoms with Gasteiger partial charge in [0.2, 0.25) is 5.91 Å². The van der Waals surface area contributed by atoms with E-state index in [9.17, 15) is 14.7 Å². The van der Waals surface area contributed by atoms with Gasteiger partial charge in [0.05, 0.1) is 25.2 Å². The van der Waals surface area contributed by atoms with E-state index in [0.29, 0.717) is 6.54 Å². The van der Waals surface area contributed by atoms with Crippen LogP contribution in [-0.4, -0.2) is 49.3 Å². The Balaban J connectivity index is 2.00. The molecule has 4 atom stereocenters. The summed E-state index contributed by atoms with van der Waals surface area (Å²) in [6.07, 6.45) is 0. The lowest BCUT2D eigenvalue weighted by molar-refractivity contribution is -0.149.